The first-order valence-corrected chi connectivity index (χ1v) is 6.27. The molecule has 0 fully saturated rings. The zero-order chi connectivity index (χ0) is 13.9. The summed E-state index contributed by atoms with van der Waals surface area (Å²) in [5.41, 5.74) is 2.35. The number of aromatic nitrogens is 2. The maximum absolute atomic E-state index is 10.1. The predicted octanol–water partition coefficient (Wildman–Crippen LogP) is 3.25. The van der Waals surface area contributed by atoms with E-state index in [0.29, 0.717) is 11.3 Å². The van der Waals surface area contributed by atoms with E-state index in [4.69, 9.17) is 4.74 Å². The summed E-state index contributed by atoms with van der Waals surface area (Å²) in [7, 11) is 1.61. The fourth-order valence-corrected chi connectivity index (χ4v) is 2.13. The molecule has 4 nitrogen and oxygen atoms in total. The fourth-order valence-electron chi connectivity index (χ4n) is 2.13. The summed E-state index contributed by atoms with van der Waals surface area (Å²) >= 11 is 0. The molecule has 0 bridgehead atoms. The average molecular weight is 266 g/mol. The monoisotopic (exact) mass is 266 g/mol. The Kier molecular flexibility index (Phi) is 3.13. The predicted molar refractivity (Wildman–Crippen MR) is 77.2 cm³/mol. The van der Waals surface area contributed by atoms with Crippen LogP contribution in [0.5, 0.6) is 11.6 Å². The molecule has 0 aliphatic heterocycles. The first-order valence-electron chi connectivity index (χ1n) is 6.27. The number of rotatable bonds is 3. The zero-order valence-electron chi connectivity index (χ0n) is 11.0. The number of benzene rings is 2. The molecule has 0 radical (unpaired) electrons. The Morgan fingerprint density at radius 2 is 1.65 bits per heavy atom. The van der Waals surface area contributed by atoms with E-state index >= 15 is 0 Å². The number of para-hydroxylation sites is 2. The van der Waals surface area contributed by atoms with Gasteiger partial charge in [0.15, 0.2) is 0 Å². The lowest BCUT2D eigenvalue weighted by atomic mass is 10.1. The minimum absolute atomic E-state index is 0.0154. The molecule has 0 amide bonds. The van der Waals surface area contributed by atoms with Crippen LogP contribution in [-0.4, -0.2) is 22.0 Å². The standard InChI is InChI=1S/C16H14N2O2/c1-20-15-10-6-5-9-13(15)14-11-18(17-16(14)19)12-7-3-2-4-8-12/h2-11H,1H3,(H,17,19). The van der Waals surface area contributed by atoms with Gasteiger partial charge in [-0.15, -0.1) is 5.10 Å². The van der Waals surface area contributed by atoms with Crippen LogP contribution >= 0.6 is 0 Å². The van der Waals surface area contributed by atoms with Gasteiger partial charge >= 0.3 is 0 Å². The molecule has 3 rings (SSSR count). The second-order valence-electron chi connectivity index (χ2n) is 4.35. The third-order valence-corrected chi connectivity index (χ3v) is 3.11. The van der Waals surface area contributed by atoms with Gasteiger partial charge in [0.05, 0.1) is 18.4 Å². The highest BCUT2D eigenvalue weighted by Gasteiger charge is 2.14. The van der Waals surface area contributed by atoms with Crippen molar-refractivity contribution in [1.29, 1.82) is 0 Å². The van der Waals surface area contributed by atoms with Crippen molar-refractivity contribution in [3.8, 4) is 28.4 Å². The van der Waals surface area contributed by atoms with Gasteiger partial charge in [-0.25, -0.2) is 4.68 Å². The summed E-state index contributed by atoms with van der Waals surface area (Å²) in [5.74, 6) is 0.689. The Balaban J connectivity index is 2.10. The number of hydrogen-bond acceptors (Lipinski definition) is 3. The molecule has 0 spiro atoms. The summed E-state index contributed by atoms with van der Waals surface area (Å²) in [5, 5.41) is 14.2. The van der Waals surface area contributed by atoms with Crippen LogP contribution in [0.3, 0.4) is 0 Å². The molecular formula is C16H14N2O2. The molecule has 0 aliphatic carbocycles. The van der Waals surface area contributed by atoms with Crippen molar-refractivity contribution in [2.45, 2.75) is 0 Å². The largest absolute Gasteiger partial charge is 0.496 e. The third kappa shape index (κ3) is 2.12. The molecule has 1 N–H and O–H groups in total. The smallest absolute Gasteiger partial charge is 0.238 e. The van der Waals surface area contributed by atoms with E-state index in [1.807, 2.05) is 54.6 Å². The lowest BCUT2D eigenvalue weighted by Crippen LogP contribution is -1.92. The quantitative estimate of drug-likeness (QED) is 0.791. The minimum atomic E-state index is -0.0154. The number of ether oxygens (including phenoxy) is 1. The molecule has 1 aromatic heterocycles. The van der Waals surface area contributed by atoms with E-state index in [0.717, 1.165) is 11.3 Å². The molecule has 100 valence electrons. The van der Waals surface area contributed by atoms with Crippen LogP contribution in [0.15, 0.2) is 60.8 Å². The fraction of sp³-hybridized carbons (Fsp3) is 0.0625. The highest BCUT2D eigenvalue weighted by molar-refractivity contribution is 5.74. The molecule has 4 heteroatoms. The van der Waals surface area contributed by atoms with Crippen molar-refractivity contribution < 1.29 is 9.84 Å². The van der Waals surface area contributed by atoms with E-state index in [2.05, 4.69) is 5.10 Å². The van der Waals surface area contributed by atoms with E-state index in [1.54, 1.807) is 18.0 Å². The van der Waals surface area contributed by atoms with Gasteiger partial charge in [0.1, 0.15) is 5.75 Å². The summed E-state index contributed by atoms with van der Waals surface area (Å²) in [4.78, 5) is 0. The van der Waals surface area contributed by atoms with E-state index in [1.165, 1.54) is 0 Å². The van der Waals surface area contributed by atoms with Crippen molar-refractivity contribution in [2.75, 3.05) is 7.11 Å². The molecular weight excluding hydrogens is 252 g/mol. The number of aromatic hydroxyl groups is 1. The molecule has 20 heavy (non-hydrogen) atoms. The van der Waals surface area contributed by atoms with E-state index < -0.39 is 0 Å². The first-order chi connectivity index (χ1) is 9.79. The minimum Gasteiger partial charge on any atom is -0.496 e. The molecule has 2 aromatic carbocycles. The van der Waals surface area contributed by atoms with Gasteiger partial charge in [-0.1, -0.05) is 36.4 Å². The normalized spacial score (nSPS) is 10.4. The van der Waals surface area contributed by atoms with Gasteiger partial charge in [0.25, 0.3) is 0 Å². The van der Waals surface area contributed by atoms with Crippen molar-refractivity contribution in [2.24, 2.45) is 0 Å². The van der Waals surface area contributed by atoms with Crippen LogP contribution in [0, 0.1) is 0 Å². The number of nitrogens with zero attached hydrogens (tertiary/aromatic N) is 2. The van der Waals surface area contributed by atoms with E-state index in [-0.39, 0.29) is 5.88 Å². The van der Waals surface area contributed by atoms with Crippen LogP contribution < -0.4 is 4.74 Å². The lowest BCUT2D eigenvalue weighted by Gasteiger charge is -2.05. The molecule has 0 saturated heterocycles. The maximum atomic E-state index is 10.1. The van der Waals surface area contributed by atoms with Gasteiger partial charge < -0.3 is 9.84 Å². The second kappa shape index (κ2) is 5.09. The second-order valence-corrected chi connectivity index (χ2v) is 4.35. The number of hydrogen-bond donors (Lipinski definition) is 1. The summed E-state index contributed by atoms with van der Waals surface area (Å²) in [6, 6.07) is 17.2. The van der Waals surface area contributed by atoms with Gasteiger partial charge in [0.2, 0.25) is 5.88 Å². The van der Waals surface area contributed by atoms with Crippen LogP contribution in [0.25, 0.3) is 16.8 Å². The van der Waals surface area contributed by atoms with Gasteiger partial charge in [-0.05, 0) is 18.2 Å². The Morgan fingerprint density at radius 3 is 2.40 bits per heavy atom. The highest BCUT2D eigenvalue weighted by Crippen LogP contribution is 2.35. The lowest BCUT2D eigenvalue weighted by molar-refractivity contribution is 0.415. The van der Waals surface area contributed by atoms with Crippen LogP contribution in [0.1, 0.15) is 0 Å². The average Bonchev–Trinajstić information content (AvgIpc) is 2.90. The highest BCUT2D eigenvalue weighted by atomic mass is 16.5. The van der Waals surface area contributed by atoms with Gasteiger partial charge in [0, 0.05) is 11.8 Å². The Hall–Kier alpha value is -2.75. The zero-order valence-corrected chi connectivity index (χ0v) is 11.0. The summed E-state index contributed by atoms with van der Waals surface area (Å²) in [6.07, 6.45) is 1.79. The molecule has 0 aliphatic rings. The van der Waals surface area contributed by atoms with Crippen LogP contribution in [-0.2, 0) is 0 Å². The molecule has 0 saturated carbocycles. The van der Waals surface area contributed by atoms with Crippen LogP contribution in [0.2, 0.25) is 0 Å². The Labute approximate surface area is 116 Å². The third-order valence-electron chi connectivity index (χ3n) is 3.11. The SMILES string of the molecule is COc1ccccc1-c1cn(-c2ccccc2)nc1O. The van der Waals surface area contributed by atoms with Crippen molar-refractivity contribution in [1.82, 2.24) is 9.78 Å². The molecule has 0 unspecified atom stereocenters. The van der Waals surface area contributed by atoms with Gasteiger partial charge in [-0.3, -0.25) is 0 Å². The number of methoxy groups -OCH3 is 1. The first kappa shape index (κ1) is 12.3. The molecule has 0 atom stereocenters. The molecule has 1 heterocycles. The van der Waals surface area contributed by atoms with Crippen molar-refractivity contribution in [3.05, 3.63) is 60.8 Å². The van der Waals surface area contributed by atoms with Gasteiger partial charge in [-0.2, -0.15) is 0 Å². The van der Waals surface area contributed by atoms with Crippen molar-refractivity contribution >= 4 is 0 Å². The maximum Gasteiger partial charge on any atom is 0.238 e. The Bertz CT molecular complexity index is 720. The summed E-state index contributed by atoms with van der Waals surface area (Å²) in [6.45, 7) is 0. The summed E-state index contributed by atoms with van der Waals surface area (Å²) < 4.78 is 6.97. The van der Waals surface area contributed by atoms with Crippen LogP contribution in [0.4, 0.5) is 0 Å². The topological polar surface area (TPSA) is 47.3 Å². The van der Waals surface area contributed by atoms with E-state index in [9.17, 15) is 5.11 Å². The molecule has 3 aromatic rings. The Morgan fingerprint density at radius 1 is 0.950 bits per heavy atom. The van der Waals surface area contributed by atoms with Crippen molar-refractivity contribution in [3.63, 3.8) is 0 Å².